The van der Waals surface area contributed by atoms with Crippen molar-refractivity contribution in [2.45, 2.75) is 17.6 Å². The maximum Gasteiger partial charge on any atom is 0.255 e. The number of ether oxygens (including phenoxy) is 1. The van der Waals surface area contributed by atoms with Crippen molar-refractivity contribution in [2.75, 3.05) is 7.11 Å². The highest BCUT2D eigenvalue weighted by molar-refractivity contribution is 7.90. The van der Waals surface area contributed by atoms with E-state index in [1.165, 1.54) is 54.1 Å². The van der Waals surface area contributed by atoms with Gasteiger partial charge in [-0.05, 0) is 60.5 Å². The number of sulfone groups is 1. The third kappa shape index (κ3) is 4.61. The van der Waals surface area contributed by atoms with Gasteiger partial charge in [-0.2, -0.15) is 4.98 Å². The summed E-state index contributed by atoms with van der Waals surface area (Å²) in [6, 6.07) is 15.0. The van der Waals surface area contributed by atoms with E-state index < -0.39 is 27.0 Å². The van der Waals surface area contributed by atoms with Crippen LogP contribution in [0.1, 0.15) is 11.5 Å². The number of hydrogen-bond donors (Lipinski definition) is 0. The largest absolute Gasteiger partial charge is 0.495 e. The Morgan fingerprint density at radius 2 is 1.89 bits per heavy atom. The van der Waals surface area contributed by atoms with Gasteiger partial charge in [0.2, 0.25) is 5.89 Å². The quantitative estimate of drug-likeness (QED) is 0.295. The molecule has 2 aromatic heterocycles. The maximum absolute atomic E-state index is 15.4. The van der Waals surface area contributed by atoms with Gasteiger partial charge in [-0.25, -0.2) is 12.8 Å². The van der Waals surface area contributed by atoms with Gasteiger partial charge in [0, 0.05) is 28.1 Å². The summed E-state index contributed by atoms with van der Waals surface area (Å²) >= 11 is 6.11. The van der Waals surface area contributed by atoms with Crippen LogP contribution in [-0.4, -0.2) is 30.2 Å². The van der Waals surface area contributed by atoms with E-state index in [1.54, 1.807) is 18.2 Å². The van der Waals surface area contributed by atoms with Crippen LogP contribution < -0.4 is 10.3 Å². The highest BCUT2D eigenvalue weighted by atomic mass is 35.5. The standard InChI is InChI=1S/C26H19ClFN3O5S/c1-15-9-16(3-6-20(15)27)19-11-24(35-2)23(12-21(19)28)31-22-7-5-18(10-17(22)4-8-26(31)32)37(33,34)13-25-29-14-30-36-25/h3-12,14H,13H2,1-2H3. The zero-order valence-electron chi connectivity index (χ0n) is 19.6. The Morgan fingerprint density at radius 1 is 1.08 bits per heavy atom. The summed E-state index contributed by atoms with van der Waals surface area (Å²) in [4.78, 5) is 16.7. The Morgan fingerprint density at radius 3 is 2.59 bits per heavy atom. The van der Waals surface area contributed by atoms with E-state index in [2.05, 4.69) is 10.1 Å². The van der Waals surface area contributed by atoms with E-state index in [0.29, 0.717) is 21.5 Å². The number of fused-ring (bicyclic) bond motifs is 1. The van der Waals surface area contributed by atoms with Crippen molar-refractivity contribution in [3.05, 3.63) is 99.6 Å². The van der Waals surface area contributed by atoms with E-state index >= 15 is 4.39 Å². The van der Waals surface area contributed by atoms with Crippen LogP contribution in [0.15, 0.2) is 81.2 Å². The normalized spacial score (nSPS) is 11.7. The molecule has 5 rings (SSSR count). The van der Waals surface area contributed by atoms with Crippen LogP contribution in [0.3, 0.4) is 0 Å². The molecule has 0 aliphatic heterocycles. The minimum absolute atomic E-state index is 0.00926. The molecule has 0 bridgehead atoms. The highest BCUT2D eigenvalue weighted by Gasteiger charge is 2.21. The van der Waals surface area contributed by atoms with Gasteiger partial charge >= 0.3 is 0 Å². The Hall–Kier alpha value is -4.02. The lowest BCUT2D eigenvalue weighted by Gasteiger charge is -2.17. The van der Waals surface area contributed by atoms with Gasteiger partial charge in [0.25, 0.3) is 5.56 Å². The topological polar surface area (TPSA) is 104 Å². The van der Waals surface area contributed by atoms with Gasteiger partial charge < -0.3 is 9.26 Å². The summed E-state index contributed by atoms with van der Waals surface area (Å²) in [6.07, 6.45) is 1.12. The summed E-state index contributed by atoms with van der Waals surface area (Å²) in [6.45, 7) is 1.82. The first kappa shape index (κ1) is 24.7. The number of rotatable bonds is 6. The molecular formula is C26H19ClFN3O5S. The van der Waals surface area contributed by atoms with Crippen LogP contribution in [0.5, 0.6) is 5.75 Å². The fraction of sp³-hybridized carbons (Fsp3) is 0.115. The number of nitrogens with zero attached hydrogens (tertiary/aromatic N) is 3. The number of pyridine rings is 1. The summed E-state index contributed by atoms with van der Waals surface area (Å²) in [5.74, 6) is -0.823. The van der Waals surface area contributed by atoms with Crippen molar-refractivity contribution in [1.82, 2.24) is 14.7 Å². The van der Waals surface area contributed by atoms with Crippen molar-refractivity contribution < 1.29 is 22.1 Å². The second-order valence-corrected chi connectivity index (χ2v) is 10.7. The molecule has 0 aliphatic rings. The third-order valence-corrected chi connectivity index (χ3v) is 7.95. The Labute approximate surface area is 215 Å². The van der Waals surface area contributed by atoms with Crippen LogP contribution in [0, 0.1) is 12.7 Å². The molecule has 3 aromatic carbocycles. The van der Waals surface area contributed by atoms with Gasteiger partial charge in [-0.15, -0.1) is 0 Å². The molecule has 0 N–H and O–H groups in total. The maximum atomic E-state index is 15.4. The average molecular weight is 540 g/mol. The Balaban J connectivity index is 1.64. The number of aryl methyl sites for hydroxylation is 1. The molecule has 37 heavy (non-hydrogen) atoms. The van der Waals surface area contributed by atoms with E-state index in [4.69, 9.17) is 20.9 Å². The summed E-state index contributed by atoms with van der Waals surface area (Å²) < 4.78 is 52.7. The zero-order chi connectivity index (χ0) is 26.3. The van der Waals surface area contributed by atoms with Crippen molar-refractivity contribution in [3.8, 4) is 22.6 Å². The zero-order valence-corrected chi connectivity index (χ0v) is 21.2. The van der Waals surface area contributed by atoms with Gasteiger partial charge in [-0.1, -0.05) is 22.8 Å². The van der Waals surface area contributed by atoms with Crippen LogP contribution in [0.2, 0.25) is 5.02 Å². The summed E-state index contributed by atoms with van der Waals surface area (Å²) in [5, 5.41) is 4.44. The Bertz CT molecular complexity index is 1820. The van der Waals surface area contributed by atoms with Crippen molar-refractivity contribution in [3.63, 3.8) is 0 Å². The summed E-state index contributed by atoms with van der Waals surface area (Å²) in [5.41, 5.74) is 1.77. The van der Waals surface area contributed by atoms with Crippen molar-refractivity contribution in [1.29, 1.82) is 0 Å². The molecule has 0 atom stereocenters. The van der Waals surface area contributed by atoms with E-state index in [-0.39, 0.29) is 27.8 Å². The van der Waals surface area contributed by atoms with Gasteiger partial charge in [0.05, 0.1) is 23.2 Å². The van der Waals surface area contributed by atoms with Crippen molar-refractivity contribution >= 4 is 32.3 Å². The van der Waals surface area contributed by atoms with Crippen molar-refractivity contribution in [2.24, 2.45) is 0 Å². The van der Waals surface area contributed by atoms with Crippen LogP contribution >= 0.6 is 11.6 Å². The number of benzene rings is 3. The van der Waals surface area contributed by atoms with E-state index in [1.807, 2.05) is 6.92 Å². The number of hydrogen-bond acceptors (Lipinski definition) is 7. The van der Waals surface area contributed by atoms with Crippen LogP contribution in [-0.2, 0) is 15.6 Å². The Kier molecular flexibility index (Phi) is 6.30. The molecular weight excluding hydrogens is 521 g/mol. The first-order chi connectivity index (χ1) is 17.7. The molecule has 2 heterocycles. The second-order valence-electron chi connectivity index (χ2n) is 8.29. The molecule has 5 aromatic rings. The lowest BCUT2D eigenvalue weighted by molar-refractivity contribution is 0.387. The van der Waals surface area contributed by atoms with Gasteiger partial charge in [0.15, 0.2) is 16.2 Å². The monoisotopic (exact) mass is 539 g/mol. The first-order valence-electron chi connectivity index (χ1n) is 11.0. The predicted molar refractivity (Wildman–Crippen MR) is 136 cm³/mol. The SMILES string of the molecule is COc1cc(-c2ccc(Cl)c(C)c2)c(F)cc1-n1c(=O)ccc2cc(S(=O)(=O)Cc3ncno3)ccc21. The minimum Gasteiger partial charge on any atom is -0.495 e. The molecule has 0 aliphatic carbocycles. The van der Waals surface area contributed by atoms with E-state index in [0.717, 1.165) is 11.9 Å². The number of halogens is 2. The predicted octanol–water partition coefficient (Wildman–Crippen LogP) is 5.12. The lowest BCUT2D eigenvalue weighted by Crippen LogP contribution is -2.18. The molecule has 0 radical (unpaired) electrons. The number of aromatic nitrogens is 3. The minimum atomic E-state index is -3.80. The smallest absolute Gasteiger partial charge is 0.255 e. The van der Waals surface area contributed by atoms with Gasteiger partial charge in [0.1, 0.15) is 17.3 Å². The molecule has 0 spiro atoms. The molecule has 8 nitrogen and oxygen atoms in total. The lowest BCUT2D eigenvalue weighted by atomic mass is 10.0. The fourth-order valence-electron chi connectivity index (χ4n) is 4.09. The van der Waals surface area contributed by atoms with Gasteiger partial charge in [-0.3, -0.25) is 9.36 Å². The molecule has 188 valence electrons. The number of methoxy groups -OCH3 is 1. The molecule has 0 unspecified atom stereocenters. The molecule has 0 saturated carbocycles. The molecule has 0 amide bonds. The van der Waals surface area contributed by atoms with Crippen LogP contribution in [0.25, 0.3) is 27.7 Å². The first-order valence-corrected chi connectivity index (χ1v) is 13.0. The molecule has 0 fully saturated rings. The molecule has 11 heteroatoms. The molecule has 0 saturated heterocycles. The fourth-order valence-corrected chi connectivity index (χ4v) is 5.40. The van der Waals surface area contributed by atoms with E-state index in [9.17, 15) is 13.2 Å². The summed E-state index contributed by atoms with van der Waals surface area (Å²) in [7, 11) is -2.38. The van der Waals surface area contributed by atoms with Crippen LogP contribution in [0.4, 0.5) is 4.39 Å². The third-order valence-electron chi connectivity index (χ3n) is 5.92. The average Bonchev–Trinajstić information content (AvgIpc) is 3.37. The highest BCUT2D eigenvalue weighted by Crippen LogP contribution is 2.35. The second kappa shape index (κ2) is 9.45.